The van der Waals surface area contributed by atoms with Crippen molar-refractivity contribution in [2.24, 2.45) is 0 Å². The molecule has 1 amide bonds. The SMILES string of the molecule is Cc1ccc2c(CC(=O)NCCCN3CCOCC3)coc2c1C. The molecule has 0 unspecified atom stereocenters. The molecule has 24 heavy (non-hydrogen) atoms. The van der Waals surface area contributed by atoms with E-state index in [1.54, 1.807) is 6.26 Å². The molecule has 0 saturated carbocycles. The van der Waals surface area contributed by atoms with Crippen molar-refractivity contribution < 1.29 is 13.9 Å². The molecule has 5 nitrogen and oxygen atoms in total. The van der Waals surface area contributed by atoms with Crippen molar-refractivity contribution in [3.63, 3.8) is 0 Å². The molecule has 1 aromatic heterocycles. The van der Waals surface area contributed by atoms with Gasteiger partial charge in [0.05, 0.1) is 25.9 Å². The molecule has 0 radical (unpaired) electrons. The van der Waals surface area contributed by atoms with Crippen molar-refractivity contribution in [2.45, 2.75) is 26.7 Å². The minimum absolute atomic E-state index is 0.0536. The zero-order chi connectivity index (χ0) is 16.9. The fourth-order valence-corrected chi connectivity index (χ4v) is 3.12. The van der Waals surface area contributed by atoms with Crippen LogP contribution in [0, 0.1) is 13.8 Å². The third kappa shape index (κ3) is 3.97. The molecule has 1 aliphatic rings. The quantitative estimate of drug-likeness (QED) is 0.827. The Balaban J connectivity index is 1.47. The first kappa shape index (κ1) is 17.0. The number of fused-ring (bicyclic) bond motifs is 1. The van der Waals surface area contributed by atoms with Gasteiger partial charge in [0.15, 0.2) is 0 Å². The van der Waals surface area contributed by atoms with Crippen molar-refractivity contribution in [3.8, 4) is 0 Å². The molecule has 1 aromatic carbocycles. The second-order valence-electron chi connectivity index (χ2n) is 6.48. The smallest absolute Gasteiger partial charge is 0.224 e. The summed E-state index contributed by atoms with van der Waals surface area (Å²) in [5.41, 5.74) is 4.20. The van der Waals surface area contributed by atoms with Crippen LogP contribution in [-0.2, 0) is 16.0 Å². The number of furan rings is 1. The summed E-state index contributed by atoms with van der Waals surface area (Å²) in [7, 11) is 0. The van der Waals surface area contributed by atoms with Gasteiger partial charge in [-0.05, 0) is 37.9 Å². The van der Waals surface area contributed by atoms with E-state index >= 15 is 0 Å². The zero-order valence-electron chi connectivity index (χ0n) is 14.6. The fourth-order valence-electron chi connectivity index (χ4n) is 3.12. The van der Waals surface area contributed by atoms with Crippen LogP contribution >= 0.6 is 0 Å². The van der Waals surface area contributed by atoms with Gasteiger partial charge in [-0.25, -0.2) is 0 Å². The van der Waals surface area contributed by atoms with Crippen LogP contribution in [0.1, 0.15) is 23.1 Å². The van der Waals surface area contributed by atoms with Gasteiger partial charge >= 0.3 is 0 Å². The predicted octanol–water partition coefficient (Wildman–Crippen LogP) is 2.43. The highest BCUT2D eigenvalue weighted by molar-refractivity contribution is 5.89. The number of nitrogens with one attached hydrogen (secondary N) is 1. The largest absolute Gasteiger partial charge is 0.464 e. The Morgan fingerprint density at radius 3 is 2.83 bits per heavy atom. The lowest BCUT2D eigenvalue weighted by atomic mass is 10.0. The number of benzene rings is 1. The highest BCUT2D eigenvalue weighted by Gasteiger charge is 2.13. The molecule has 1 saturated heterocycles. The zero-order valence-corrected chi connectivity index (χ0v) is 14.6. The van der Waals surface area contributed by atoms with Crippen LogP contribution in [0.4, 0.5) is 0 Å². The molecule has 0 atom stereocenters. The molecule has 1 aliphatic heterocycles. The highest BCUT2D eigenvalue weighted by Crippen LogP contribution is 2.26. The Hall–Kier alpha value is -1.85. The summed E-state index contributed by atoms with van der Waals surface area (Å²) in [4.78, 5) is 14.6. The van der Waals surface area contributed by atoms with Gasteiger partial charge in [0.2, 0.25) is 5.91 Å². The maximum atomic E-state index is 12.2. The molecular formula is C19H26N2O3. The van der Waals surface area contributed by atoms with E-state index < -0.39 is 0 Å². The number of aryl methyl sites for hydroxylation is 2. The third-order valence-electron chi connectivity index (χ3n) is 4.77. The van der Waals surface area contributed by atoms with Gasteiger partial charge in [0, 0.05) is 30.6 Å². The van der Waals surface area contributed by atoms with E-state index in [-0.39, 0.29) is 5.91 Å². The second-order valence-corrected chi connectivity index (χ2v) is 6.48. The Morgan fingerprint density at radius 1 is 1.25 bits per heavy atom. The van der Waals surface area contributed by atoms with Crippen LogP contribution in [0.3, 0.4) is 0 Å². The van der Waals surface area contributed by atoms with E-state index in [0.717, 1.165) is 61.4 Å². The Morgan fingerprint density at radius 2 is 2.04 bits per heavy atom. The van der Waals surface area contributed by atoms with Gasteiger partial charge in [0.1, 0.15) is 5.58 Å². The second kappa shape index (κ2) is 7.81. The number of carbonyl (C=O) groups excluding carboxylic acids is 1. The van der Waals surface area contributed by atoms with E-state index in [2.05, 4.69) is 30.1 Å². The summed E-state index contributed by atoms with van der Waals surface area (Å²) in [5, 5.41) is 4.06. The van der Waals surface area contributed by atoms with E-state index in [0.29, 0.717) is 13.0 Å². The molecule has 130 valence electrons. The molecule has 2 heterocycles. The van der Waals surface area contributed by atoms with Gasteiger partial charge in [-0.2, -0.15) is 0 Å². The van der Waals surface area contributed by atoms with Gasteiger partial charge in [-0.15, -0.1) is 0 Å². The number of morpholine rings is 1. The molecule has 1 N–H and O–H groups in total. The minimum Gasteiger partial charge on any atom is -0.464 e. The maximum absolute atomic E-state index is 12.2. The molecular weight excluding hydrogens is 304 g/mol. The van der Waals surface area contributed by atoms with Crippen molar-refractivity contribution in [2.75, 3.05) is 39.4 Å². The Kier molecular flexibility index (Phi) is 5.53. The molecule has 0 aliphatic carbocycles. The monoisotopic (exact) mass is 330 g/mol. The first-order chi connectivity index (χ1) is 11.6. The van der Waals surface area contributed by atoms with Crippen molar-refractivity contribution in [1.29, 1.82) is 0 Å². The van der Waals surface area contributed by atoms with Crippen LogP contribution in [0.2, 0.25) is 0 Å². The predicted molar refractivity (Wildman–Crippen MR) is 94.3 cm³/mol. The molecule has 5 heteroatoms. The van der Waals surface area contributed by atoms with Crippen molar-refractivity contribution >= 4 is 16.9 Å². The molecule has 3 rings (SSSR count). The van der Waals surface area contributed by atoms with E-state index in [1.165, 1.54) is 5.56 Å². The highest BCUT2D eigenvalue weighted by atomic mass is 16.5. The lowest BCUT2D eigenvalue weighted by molar-refractivity contribution is -0.120. The molecule has 0 spiro atoms. The van der Waals surface area contributed by atoms with Crippen LogP contribution in [0.15, 0.2) is 22.8 Å². The van der Waals surface area contributed by atoms with Crippen LogP contribution in [0.5, 0.6) is 0 Å². The topological polar surface area (TPSA) is 54.7 Å². The standard InChI is InChI=1S/C19H26N2O3/c1-14-4-5-17-16(13-24-19(17)15(14)2)12-18(22)20-6-3-7-21-8-10-23-11-9-21/h4-5,13H,3,6-12H2,1-2H3,(H,20,22). The number of rotatable bonds is 6. The normalized spacial score (nSPS) is 15.8. The number of ether oxygens (including phenoxy) is 1. The van der Waals surface area contributed by atoms with Crippen LogP contribution < -0.4 is 5.32 Å². The maximum Gasteiger partial charge on any atom is 0.224 e. The summed E-state index contributed by atoms with van der Waals surface area (Å²) in [6.45, 7) is 9.47. The first-order valence-corrected chi connectivity index (χ1v) is 8.68. The van der Waals surface area contributed by atoms with Crippen molar-refractivity contribution in [1.82, 2.24) is 10.2 Å². The third-order valence-corrected chi connectivity index (χ3v) is 4.77. The average molecular weight is 330 g/mol. The van der Waals surface area contributed by atoms with Gasteiger partial charge < -0.3 is 14.5 Å². The molecule has 1 fully saturated rings. The van der Waals surface area contributed by atoms with Crippen LogP contribution in [0.25, 0.3) is 11.0 Å². The van der Waals surface area contributed by atoms with E-state index in [1.807, 2.05) is 6.07 Å². The van der Waals surface area contributed by atoms with E-state index in [9.17, 15) is 4.79 Å². The lowest BCUT2D eigenvalue weighted by Crippen LogP contribution is -2.38. The summed E-state index contributed by atoms with van der Waals surface area (Å²) in [6, 6.07) is 4.12. The number of hydrogen-bond donors (Lipinski definition) is 1. The average Bonchev–Trinajstić information content (AvgIpc) is 2.99. The van der Waals surface area contributed by atoms with Gasteiger partial charge in [0.25, 0.3) is 0 Å². The summed E-state index contributed by atoms with van der Waals surface area (Å²) in [6.07, 6.45) is 3.05. The number of nitrogens with zero attached hydrogens (tertiary/aromatic N) is 1. The van der Waals surface area contributed by atoms with Gasteiger partial charge in [-0.3, -0.25) is 9.69 Å². The molecule has 2 aromatic rings. The summed E-state index contributed by atoms with van der Waals surface area (Å²) in [5.74, 6) is 0.0536. The van der Waals surface area contributed by atoms with Crippen LogP contribution in [-0.4, -0.2) is 50.2 Å². The summed E-state index contributed by atoms with van der Waals surface area (Å²) >= 11 is 0. The summed E-state index contributed by atoms with van der Waals surface area (Å²) < 4.78 is 11.0. The van der Waals surface area contributed by atoms with Crippen molar-refractivity contribution in [3.05, 3.63) is 35.1 Å². The number of hydrogen-bond acceptors (Lipinski definition) is 4. The Bertz CT molecular complexity index is 702. The lowest BCUT2D eigenvalue weighted by Gasteiger charge is -2.26. The first-order valence-electron chi connectivity index (χ1n) is 8.68. The number of amides is 1. The van der Waals surface area contributed by atoms with Gasteiger partial charge in [-0.1, -0.05) is 12.1 Å². The molecule has 0 bridgehead atoms. The number of carbonyl (C=O) groups is 1. The van der Waals surface area contributed by atoms with E-state index in [4.69, 9.17) is 9.15 Å². The fraction of sp³-hybridized carbons (Fsp3) is 0.526. The Labute approximate surface area is 143 Å². The minimum atomic E-state index is 0.0536.